The lowest BCUT2D eigenvalue weighted by molar-refractivity contribution is 0.773. The predicted octanol–water partition coefficient (Wildman–Crippen LogP) is 0.798. The lowest BCUT2D eigenvalue weighted by atomic mass is 10.3. The number of aromatic nitrogens is 2. The highest BCUT2D eigenvalue weighted by Crippen LogP contribution is 2.00. The summed E-state index contributed by atoms with van der Waals surface area (Å²) in [4.78, 5) is 8.29. The van der Waals surface area contributed by atoms with E-state index in [0.29, 0.717) is 12.5 Å². The van der Waals surface area contributed by atoms with Gasteiger partial charge in [-0.25, -0.2) is 9.97 Å². The van der Waals surface area contributed by atoms with Gasteiger partial charge in [0.2, 0.25) is 5.95 Å². The fourth-order valence-corrected chi connectivity index (χ4v) is 0.881. The van der Waals surface area contributed by atoms with Crippen LogP contribution >= 0.6 is 0 Å². The van der Waals surface area contributed by atoms with Gasteiger partial charge in [0.1, 0.15) is 0 Å². The summed E-state index contributed by atoms with van der Waals surface area (Å²) < 4.78 is 0. The van der Waals surface area contributed by atoms with Gasteiger partial charge >= 0.3 is 0 Å². The first-order valence-corrected chi connectivity index (χ1v) is 4.52. The number of rotatable bonds is 4. The van der Waals surface area contributed by atoms with Crippen LogP contribution in [0.25, 0.3) is 0 Å². The molecule has 0 fully saturated rings. The Labute approximate surface area is 78.6 Å². The van der Waals surface area contributed by atoms with Crippen molar-refractivity contribution >= 4 is 5.95 Å². The Morgan fingerprint density at radius 2 is 2.08 bits per heavy atom. The Hall–Kier alpha value is -1.16. The first kappa shape index (κ1) is 9.92. The smallest absolute Gasteiger partial charge is 0.222 e. The zero-order valence-electron chi connectivity index (χ0n) is 8.12. The summed E-state index contributed by atoms with van der Waals surface area (Å²) >= 11 is 0. The van der Waals surface area contributed by atoms with Gasteiger partial charge in [0.15, 0.2) is 0 Å². The molecular formula is C9H16N4. The Kier molecular flexibility index (Phi) is 3.64. The van der Waals surface area contributed by atoms with Crippen LogP contribution in [0.3, 0.4) is 0 Å². The average molecular weight is 180 g/mol. The summed E-state index contributed by atoms with van der Waals surface area (Å²) in [5.74, 6) is 0.648. The van der Waals surface area contributed by atoms with Crippen LogP contribution < -0.4 is 11.1 Å². The van der Waals surface area contributed by atoms with Crippen molar-refractivity contribution < 1.29 is 0 Å². The molecule has 4 nitrogen and oxygen atoms in total. The van der Waals surface area contributed by atoms with E-state index < -0.39 is 0 Å². The van der Waals surface area contributed by atoms with Crippen LogP contribution in [0.15, 0.2) is 12.4 Å². The number of hydrogen-bond acceptors (Lipinski definition) is 4. The SMILES string of the molecule is CCc1cnc(NCC(C)N)nc1. The highest BCUT2D eigenvalue weighted by molar-refractivity contribution is 5.24. The van der Waals surface area contributed by atoms with Crippen molar-refractivity contribution in [1.29, 1.82) is 0 Å². The molecule has 1 aromatic rings. The van der Waals surface area contributed by atoms with Gasteiger partial charge in [-0.2, -0.15) is 0 Å². The van der Waals surface area contributed by atoms with E-state index in [2.05, 4.69) is 22.2 Å². The van der Waals surface area contributed by atoms with Gasteiger partial charge in [0, 0.05) is 25.0 Å². The highest BCUT2D eigenvalue weighted by atomic mass is 15.1. The number of nitrogens with zero attached hydrogens (tertiary/aromatic N) is 2. The van der Waals surface area contributed by atoms with Crippen molar-refractivity contribution in [2.45, 2.75) is 26.3 Å². The lowest BCUT2D eigenvalue weighted by Crippen LogP contribution is -2.25. The predicted molar refractivity (Wildman–Crippen MR) is 53.5 cm³/mol. The van der Waals surface area contributed by atoms with E-state index in [1.54, 1.807) is 0 Å². The minimum atomic E-state index is 0.120. The van der Waals surface area contributed by atoms with Crippen LogP contribution in [0.2, 0.25) is 0 Å². The number of nitrogens with two attached hydrogens (primary N) is 1. The molecule has 1 atom stereocenters. The molecule has 0 spiro atoms. The van der Waals surface area contributed by atoms with E-state index in [1.807, 2.05) is 19.3 Å². The summed E-state index contributed by atoms with van der Waals surface area (Å²) in [5.41, 5.74) is 6.72. The van der Waals surface area contributed by atoms with E-state index in [-0.39, 0.29) is 6.04 Å². The fourth-order valence-electron chi connectivity index (χ4n) is 0.881. The molecule has 0 aliphatic heterocycles. The second kappa shape index (κ2) is 4.77. The Bertz CT molecular complexity index is 242. The molecule has 0 bridgehead atoms. The second-order valence-corrected chi connectivity index (χ2v) is 3.13. The summed E-state index contributed by atoms with van der Waals surface area (Å²) in [6.07, 6.45) is 4.63. The fraction of sp³-hybridized carbons (Fsp3) is 0.556. The summed E-state index contributed by atoms with van der Waals surface area (Å²) in [6.45, 7) is 4.71. The van der Waals surface area contributed by atoms with Crippen molar-refractivity contribution in [3.05, 3.63) is 18.0 Å². The van der Waals surface area contributed by atoms with Crippen molar-refractivity contribution in [3.8, 4) is 0 Å². The van der Waals surface area contributed by atoms with Crippen molar-refractivity contribution in [2.24, 2.45) is 5.73 Å². The quantitative estimate of drug-likeness (QED) is 0.719. The Morgan fingerprint density at radius 1 is 1.46 bits per heavy atom. The molecule has 72 valence electrons. The zero-order chi connectivity index (χ0) is 9.68. The van der Waals surface area contributed by atoms with Gasteiger partial charge in [-0.3, -0.25) is 0 Å². The van der Waals surface area contributed by atoms with Gasteiger partial charge in [-0.05, 0) is 18.9 Å². The molecule has 1 unspecified atom stereocenters. The maximum Gasteiger partial charge on any atom is 0.222 e. The average Bonchev–Trinajstić information content (AvgIpc) is 2.15. The number of aryl methyl sites for hydroxylation is 1. The molecule has 3 N–H and O–H groups in total. The molecule has 0 aliphatic rings. The van der Waals surface area contributed by atoms with E-state index in [4.69, 9.17) is 5.73 Å². The maximum atomic E-state index is 5.58. The minimum absolute atomic E-state index is 0.120. The van der Waals surface area contributed by atoms with Crippen LogP contribution in [0.5, 0.6) is 0 Å². The molecule has 1 aromatic heterocycles. The number of hydrogen-bond donors (Lipinski definition) is 2. The second-order valence-electron chi connectivity index (χ2n) is 3.13. The van der Waals surface area contributed by atoms with E-state index in [9.17, 15) is 0 Å². The molecule has 0 aliphatic carbocycles. The van der Waals surface area contributed by atoms with E-state index in [1.165, 1.54) is 0 Å². The molecule has 0 radical (unpaired) electrons. The third-order valence-electron chi connectivity index (χ3n) is 1.70. The molecule has 1 heterocycles. The molecule has 0 aromatic carbocycles. The molecule has 13 heavy (non-hydrogen) atoms. The zero-order valence-corrected chi connectivity index (χ0v) is 8.12. The summed E-state index contributed by atoms with van der Waals surface area (Å²) in [5, 5.41) is 3.05. The third kappa shape index (κ3) is 3.38. The van der Waals surface area contributed by atoms with Gasteiger partial charge in [-0.15, -0.1) is 0 Å². The molecule has 1 rings (SSSR count). The highest BCUT2D eigenvalue weighted by Gasteiger charge is 1.97. The monoisotopic (exact) mass is 180 g/mol. The molecule has 0 saturated heterocycles. The first-order valence-electron chi connectivity index (χ1n) is 4.52. The summed E-state index contributed by atoms with van der Waals surface area (Å²) in [6, 6.07) is 0.120. The topological polar surface area (TPSA) is 63.8 Å². The maximum absolute atomic E-state index is 5.58. The lowest BCUT2D eigenvalue weighted by Gasteiger charge is -2.06. The van der Waals surface area contributed by atoms with Crippen LogP contribution in [-0.4, -0.2) is 22.6 Å². The Morgan fingerprint density at radius 3 is 2.54 bits per heavy atom. The van der Waals surface area contributed by atoms with Crippen LogP contribution in [0, 0.1) is 0 Å². The first-order chi connectivity index (χ1) is 6.22. The Balaban J connectivity index is 2.49. The minimum Gasteiger partial charge on any atom is -0.353 e. The van der Waals surface area contributed by atoms with Gasteiger partial charge < -0.3 is 11.1 Å². The molecule has 4 heteroatoms. The van der Waals surface area contributed by atoms with Gasteiger partial charge in [0.25, 0.3) is 0 Å². The number of anilines is 1. The largest absolute Gasteiger partial charge is 0.353 e. The molecular weight excluding hydrogens is 164 g/mol. The normalized spacial score (nSPS) is 12.5. The van der Waals surface area contributed by atoms with Crippen LogP contribution in [0.1, 0.15) is 19.4 Å². The van der Waals surface area contributed by atoms with Crippen molar-refractivity contribution in [2.75, 3.05) is 11.9 Å². The third-order valence-corrected chi connectivity index (χ3v) is 1.70. The van der Waals surface area contributed by atoms with E-state index >= 15 is 0 Å². The van der Waals surface area contributed by atoms with Gasteiger partial charge in [-0.1, -0.05) is 6.92 Å². The number of nitrogens with one attached hydrogen (secondary N) is 1. The van der Waals surface area contributed by atoms with E-state index in [0.717, 1.165) is 12.0 Å². The van der Waals surface area contributed by atoms with Crippen LogP contribution in [-0.2, 0) is 6.42 Å². The van der Waals surface area contributed by atoms with Crippen molar-refractivity contribution in [1.82, 2.24) is 9.97 Å². The molecule has 0 amide bonds. The van der Waals surface area contributed by atoms with Crippen molar-refractivity contribution in [3.63, 3.8) is 0 Å². The summed E-state index contributed by atoms with van der Waals surface area (Å²) in [7, 11) is 0. The molecule has 0 saturated carbocycles. The van der Waals surface area contributed by atoms with Crippen LogP contribution in [0.4, 0.5) is 5.95 Å². The standard InChI is InChI=1S/C9H16N4/c1-3-8-5-12-9(13-6-8)11-4-7(2)10/h5-7H,3-4,10H2,1-2H3,(H,11,12,13). The van der Waals surface area contributed by atoms with Gasteiger partial charge in [0.05, 0.1) is 0 Å².